The van der Waals surface area contributed by atoms with Crippen LogP contribution in [0.2, 0.25) is 0 Å². The number of nitrogens with one attached hydrogen (secondary N) is 2. The smallest absolute Gasteiger partial charge is 0.328 e. The number of carbonyl (C=O) groups is 2. The van der Waals surface area contributed by atoms with E-state index in [9.17, 15) is 14.0 Å². The minimum atomic E-state index is -0.621. The Morgan fingerprint density at radius 2 is 2.19 bits per heavy atom. The van der Waals surface area contributed by atoms with Crippen molar-refractivity contribution in [1.82, 2.24) is 15.5 Å². The summed E-state index contributed by atoms with van der Waals surface area (Å²) in [6, 6.07) is 9.03. The molecule has 0 saturated carbocycles. The number of rotatable bonds is 3. The summed E-state index contributed by atoms with van der Waals surface area (Å²) in [6.07, 6.45) is 0.464. The van der Waals surface area contributed by atoms with Crippen LogP contribution in [-0.4, -0.2) is 34.7 Å². The lowest BCUT2D eigenvalue weighted by Crippen LogP contribution is -2.38. The Balaban J connectivity index is 1.74. The molecule has 0 spiro atoms. The van der Waals surface area contributed by atoms with Gasteiger partial charge >= 0.3 is 5.97 Å². The molecule has 0 bridgehead atoms. The maximum Gasteiger partial charge on any atom is 0.328 e. The fourth-order valence-corrected chi connectivity index (χ4v) is 3.14. The molecule has 1 atom stereocenters. The normalized spacial score (nSPS) is 16.7. The average molecular weight is 353 g/mol. The number of hydrogen-bond acceptors (Lipinski definition) is 4. The van der Waals surface area contributed by atoms with E-state index in [1.165, 1.54) is 12.1 Å². The van der Waals surface area contributed by atoms with E-state index in [4.69, 9.17) is 4.74 Å². The van der Waals surface area contributed by atoms with Crippen LogP contribution in [0.4, 0.5) is 4.39 Å². The zero-order valence-corrected chi connectivity index (χ0v) is 14.0. The monoisotopic (exact) mass is 353 g/mol. The van der Waals surface area contributed by atoms with Crippen molar-refractivity contribution in [3.05, 3.63) is 53.3 Å². The lowest BCUT2D eigenvalue weighted by molar-refractivity contribution is -0.139. The van der Waals surface area contributed by atoms with E-state index in [1.54, 1.807) is 18.2 Å². The first kappa shape index (κ1) is 16.3. The quantitative estimate of drug-likeness (QED) is 0.709. The molecule has 1 aliphatic heterocycles. The highest BCUT2D eigenvalue weighted by Crippen LogP contribution is 2.29. The van der Waals surface area contributed by atoms with Gasteiger partial charge in [-0.15, -0.1) is 0 Å². The number of ether oxygens (including phenoxy) is 1. The number of fused-ring (bicyclic) bond motifs is 1. The van der Waals surface area contributed by atoms with Gasteiger partial charge in [0.05, 0.1) is 12.1 Å². The van der Waals surface area contributed by atoms with Crippen LogP contribution in [0.15, 0.2) is 36.4 Å². The SMILES string of the molecule is Cc1cc2[nH]nc(-c3cccc(F)c3)c2cc1C(=O)NC1CCOC1=O. The first-order valence-electron chi connectivity index (χ1n) is 8.25. The van der Waals surface area contributed by atoms with Crippen molar-refractivity contribution in [3.63, 3.8) is 0 Å². The van der Waals surface area contributed by atoms with Crippen LogP contribution >= 0.6 is 0 Å². The van der Waals surface area contributed by atoms with Gasteiger partial charge in [0.25, 0.3) is 5.91 Å². The fourth-order valence-electron chi connectivity index (χ4n) is 3.14. The number of aromatic nitrogens is 2. The summed E-state index contributed by atoms with van der Waals surface area (Å²) in [7, 11) is 0. The molecule has 2 aromatic carbocycles. The van der Waals surface area contributed by atoms with E-state index in [0.29, 0.717) is 35.2 Å². The molecule has 26 heavy (non-hydrogen) atoms. The van der Waals surface area contributed by atoms with E-state index in [1.807, 2.05) is 13.0 Å². The zero-order valence-electron chi connectivity index (χ0n) is 14.0. The summed E-state index contributed by atoms with van der Waals surface area (Å²) in [6.45, 7) is 2.12. The predicted octanol–water partition coefficient (Wildman–Crippen LogP) is 2.72. The van der Waals surface area contributed by atoms with Gasteiger partial charge in [0.15, 0.2) is 0 Å². The number of H-pyrrole nitrogens is 1. The van der Waals surface area contributed by atoms with Crippen LogP contribution in [0, 0.1) is 12.7 Å². The van der Waals surface area contributed by atoms with E-state index in [0.717, 1.165) is 11.1 Å². The van der Waals surface area contributed by atoms with Crippen molar-refractivity contribution in [2.75, 3.05) is 6.61 Å². The number of amides is 1. The number of halogens is 1. The number of benzene rings is 2. The summed E-state index contributed by atoms with van der Waals surface area (Å²) in [4.78, 5) is 24.2. The zero-order chi connectivity index (χ0) is 18.3. The second kappa shape index (κ2) is 6.25. The molecule has 3 aromatic rings. The number of hydrogen-bond donors (Lipinski definition) is 2. The standard InChI is InChI=1S/C19H16FN3O3/c1-10-7-16-14(17(23-22-16)11-3-2-4-12(20)8-11)9-13(10)18(24)21-15-5-6-26-19(15)25/h2-4,7-9,15H,5-6H2,1H3,(H,21,24)(H,22,23). The third-order valence-corrected chi connectivity index (χ3v) is 4.49. The second-order valence-corrected chi connectivity index (χ2v) is 6.28. The Hall–Kier alpha value is -3.22. The Morgan fingerprint density at radius 3 is 2.92 bits per heavy atom. The Morgan fingerprint density at radius 1 is 1.35 bits per heavy atom. The van der Waals surface area contributed by atoms with E-state index >= 15 is 0 Å². The van der Waals surface area contributed by atoms with E-state index in [2.05, 4.69) is 15.5 Å². The number of esters is 1. The summed E-state index contributed by atoms with van der Waals surface area (Å²) < 4.78 is 18.4. The Kier molecular flexibility index (Phi) is 3.91. The molecule has 1 amide bonds. The lowest BCUT2D eigenvalue weighted by Gasteiger charge is -2.11. The molecule has 4 rings (SSSR count). The van der Waals surface area contributed by atoms with Gasteiger partial charge in [-0.25, -0.2) is 9.18 Å². The highest BCUT2D eigenvalue weighted by molar-refractivity contribution is 6.04. The fraction of sp³-hybridized carbons (Fsp3) is 0.211. The minimum absolute atomic E-state index is 0.313. The van der Waals surface area contributed by atoms with Crippen molar-refractivity contribution >= 4 is 22.8 Å². The molecule has 1 unspecified atom stereocenters. The topological polar surface area (TPSA) is 84.1 Å². The number of nitrogens with zero attached hydrogens (tertiary/aromatic N) is 1. The van der Waals surface area contributed by atoms with Crippen LogP contribution in [0.1, 0.15) is 22.3 Å². The molecule has 1 aliphatic rings. The molecule has 6 nitrogen and oxygen atoms in total. The molecule has 1 fully saturated rings. The maximum atomic E-state index is 13.5. The predicted molar refractivity (Wildman–Crippen MR) is 93.1 cm³/mol. The van der Waals surface area contributed by atoms with Crippen molar-refractivity contribution in [3.8, 4) is 11.3 Å². The molecule has 2 N–H and O–H groups in total. The van der Waals surface area contributed by atoms with Crippen LogP contribution in [0.25, 0.3) is 22.2 Å². The molecular formula is C19H16FN3O3. The Bertz CT molecular complexity index is 1030. The molecule has 0 aliphatic carbocycles. The third-order valence-electron chi connectivity index (χ3n) is 4.49. The molecule has 1 aromatic heterocycles. The molecule has 0 radical (unpaired) electrons. The molecule has 2 heterocycles. The van der Waals surface area contributed by atoms with Crippen molar-refractivity contribution in [2.45, 2.75) is 19.4 Å². The highest BCUT2D eigenvalue weighted by Gasteiger charge is 2.28. The van der Waals surface area contributed by atoms with Crippen molar-refractivity contribution in [2.24, 2.45) is 0 Å². The maximum absolute atomic E-state index is 13.5. The van der Waals surface area contributed by atoms with Gasteiger partial charge in [0, 0.05) is 22.9 Å². The number of cyclic esters (lactones) is 1. The van der Waals surface area contributed by atoms with Crippen molar-refractivity contribution < 1.29 is 18.7 Å². The Labute approximate surface area is 148 Å². The van der Waals surface area contributed by atoms with Gasteiger partial charge in [-0.2, -0.15) is 5.10 Å². The minimum Gasteiger partial charge on any atom is -0.464 e. The van der Waals surface area contributed by atoms with Gasteiger partial charge < -0.3 is 10.1 Å². The molecular weight excluding hydrogens is 337 g/mol. The number of aromatic amines is 1. The first-order chi connectivity index (χ1) is 12.5. The van der Waals surface area contributed by atoms with Gasteiger partial charge in [-0.3, -0.25) is 9.89 Å². The number of carbonyl (C=O) groups excluding carboxylic acids is 2. The van der Waals surface area contributed by atoms with E-state index in [-0.39, 0.29) is 11.7 Å². The summed E-state index contributed by atoms with van der Waals surface area (Å²) in [5.41, 5.74) is 3.12. The van der Waals surface area contributed by atoms with Crippen LogP contribution in [0.3, 0.4) is 0 Å². The van der Waals surface area contributed by atoms with Gasteiger partial charge in [-0.05, 0) is 36.8 Å². The average Bonchev–Trinajstić information content (AvgIpc) is 3.20. The molecule has 7 heteroatoms. The number of aryl methyl sites for hydroxylation is 1. The summed E-state index contributed by atoms with van der Waals surface area (Å²) in [5.74, 6) is -1.12. The van der Waals surface area contributed by atoms with Crippen LogP contribution in [-0.2, 0) is 9.53 Å². The van der Waals surface area contributed by atoms with Crippen molar-refractivity contribution in [1.29, 1.82) is 0 Å². The van der Waals surface area contributed by atoms with E-state index < -0.39 is 12.0 Å². The lowest BCUT2D eigenvalue weighted by atomic mass is 10.0. The first-order valence-corrected chi connectivity index (χ1v) is 8.25. The molecule has 132 valence electrons. The largest absolute Gasteiger partial charge is 0.464 e. The van der Waals surface area contributed by atoms with Gasteiger partial charge in [0.1, 0.15) is 17.6 Å². The summed E-state index contributed by atoms with van der Waals surface area (Å²) >= 11 is 0. The summed E-state index contributed by atoms with van der Waals surface area (Å²) in [5, 5.41) is 10.6. The highest BCUT2D eigenvalue weighted by atomic mass is 19.1. The van der Waals surface area contributed by atoms with Crippen LogP contribution < -0.4 is 5.32 Å². The van der Waals surface area contributed by atoms with Gasteiger partial charge in [0.2, 0.25) is 0 Å². The second-order valence-electron chi connectivity index (χ2n) is 6.28. The third kappa shape index (κ3) is 2.81. The van der Waals surface area contributed by atoms with Gasteiger partial charge in [-0.1, -0.05) is 12.1 Å². The molecule has 1 saturated heterocycles. The van der Waals surface area contributed by atoms with Crippen LogP contribution in [0.5, 0.6) is 0 Å².